The molecule has 0 spiro atoms. The second kappa shape index (κ2) is 9.13. The summed E-state index contributed by atoms with van der Waals surface area (Å²) in [6.07, 6.45) is 2.74. The number of phenolic OH excluding ortho intramolecular Hbond substituents is 1. The lowest BCUT2D eigenvalue weighted by atomic mass is 10.3. The van der Waals surface area contributed by atoms with E-state index in [2.05, 4.69) is 20.8 Å². The largest absolute Gasteiger partial charge is 0.537 e. The Labute approximate surface area is 123 Å². The molecule has 1 N–H and O–H groups in total. The number of phenols is 1. The van der Waals surface area contributed by atoms with Gasteiger partial charge in [-0.1, -0.05) is 32.9 Å². The average Bonchev–Trinajstić information content (AvgIpc) is 2.48. The van der Waals surface area contributed by atoms with E-state index >= 15 is 0 Å². The van der Waals surface area contributed by atoms with Gasteiger partial charge in [0.05, 0.1) is 0 Å². The smallest absolute Gasteiger partial charge is 0.508 e. The molecule has 0 aliphatic heterocycles. The maximum Gasteiger partial charge on any atom is 0.537 e. The van der Waals surface area contributed by atoms with Gasteiger partial charge in [-0.2, -0.15) is 0 Å². The van der Waals surface area contributed by atoms with Gasteiger partial charge in [0.2, 0.25) is 0 Å². The molecule has 0 fully saturated rings. The molecular formula is C15H26O4Si. The molecule has 0 saturated heterocycles. The maximum absolute atomic E-state index is 9.44. The average molecular weight is 298 g/mol. The summed E-state index contributed by atoms with van der Waals surface area (Å²) >= 11 is 0. The van der Waals surface area contributed by atoms with Gasteiger partial charge in [0.25, 0.3) is 0 Å². The molecule has 0 bridgehead atoms. The van der Waals surface area contributed by atoms with Crippen molar-refractivity contribution in [2.45, 2.75) is 40.0 Å². The molecule has 1 aromatic rings. The van der Waals surface area contributed by atoms with Crippen molar-refractivity contribution in [1.82, 2.24) is 0 Å². The third kappa shape index (κ3) is 4.90. The predicted octanol–water partition coefficient (Wildman–Crippen LogP) is 2.82. The first-order valence-electron chi connectivity index (χ1n) is 7.39. The first-order valence-corrected chi connectivity index (χ1v) is 9.12. The highest BCUT2D eigenvalue weighted by Gasteiger charge is 2.43. The lowest BCUT2D eigenvalue weighted by Gasteiger charge is -2.29. The summed E-state index contributed by atoms with van der Waals surface area (Å²) in [5.41, 5.74) is 0. The second-order valence-electron chi connectivity index (χ2n) is 4.65. The molecule has 0 aliphatic carbocycles. The van der Waals surface area contributed by atoms with Crippen molar-refractivity contribution in [3.8, 4) is 5.75 Å². The van der Waals surface area contributed by atoms with E-state index in [0.717, 1.165) is 24.4 Å². The molecule has 20 heavy (non-hydrogen) atoms. The maximum atomic E-state index is 9.44. The van der Waals surface area contributed by atoms with E-state index in [-0.39, 0.29) is 5.75 Å². The fourth-order valence-corrected chi connectivity index (χ4v) is 4.49. The Balaban J connectivity index is 3.00. The Morgan fingerprint density at radius 3 is 1.55 bits per heavy atom. The normalized spacial score (nSPS) is 11.8. The van der Waals surface area contributed by atoms with Crippen LogP contribution >= 0.6 is 0 Å². The Bertz CT molecular complexity index is 345. The fraction of sp³-hybridized carbons (Fsp3) is 0.600. The van der Waals surface area contributed by atoms with E-state index in [1.165, 1.54) is 0 Å². The van der Waals surface area contributed by atoms with Crippen molar-refractivity contribution >= 4 is 14.0 Å². The highest BCUT2D eigenvalue weighted by molar-refractivity contribution is 6.75. The Hall–Kier alpha value is -0.883. The van der Waals surface area contributed by atoms with Crippen LogP contribution in [-0.4, -0.2) is 33.7 Å². The van der Waals surface area contributed by atoms with Gasteiger partial charge in [-0.3, -0.25) is 0 Å². The molecule has 1 rings (SSSR count). The van der Waals surface area contributed by atoms with Crippen LogP contribution in [0.4, 0.5) is 0 Å². The zero-order chi connectivity index (χ0) is 14.8. The minimum absolute atomic E-state index is 0.234. The summed E-state index contributed by atoms with van der Waals surface area (Å²) in [5, 5.41) is 10.4. The number of hydrogen-bond acceptors (Lipinski definition) is 4. The lowest BCUT2D eigenvalue weighted by molar-refractivity contribution is 0.0732. The molecule has 114 valence electrons. The summed E-state index contributed by atoms with van der Waals surface area (Å²) in [6.45, 7) is 8.03. The molecular weight excluding hydrogens is 272 g/mol. The van der Waals surface area contributed by atoms with E-state index in [1.54, 1.807) is 12.1 Å². The van der Waals surface area contributed by atoms with E-state index in [9.17, 15) is 5.11 Å². The van der Waals surface area contributed by atoms with Crippen LogP contribution in [0.1, 0.15) is 40.0 Å². The molecule has 0 unspecified atom stereocenters. The van der Waals surface area contributed by atoms with E-state index in [0.29, 0.717) is 19.8 Å². The molecule has 1 aromatic carbocycles. The zero-order valence-corrected chi connectivity index (χ0v) is 13.7. The second-order valence-corrected chi connectivity index (χ2v) is 7.20. The quantitative estimate of drug-likeness (QED) is 0.675. The molecule has 4 nitrogen and oxygen atoms in total. The molecule has 0 saturated carbocycles. The number of rotatable bonds is 10. The van der Waals surface area contributed by atoms with Crippen molar-refractivity contribution < 1.29 is 18.4 Å². The van der Waals surface area contributed by atoms with Gasteiger partial charge in [-0.05, 0) is 31.4 Å². The van der Waals surface area contributed by atoms with Crippen LogP contribution in [0.2, 0.25) is 0 Å². The first-order chi connectivity index (χ1) is 9.68. The molecule has 0 radical (unpaired) electrons. The van der Waals surface area contributed by atoms with Crippen molar-refractivity contribution in [2.24, 2.45) is 0 Å². The molecule has 0 aromatic heterocycles. The Morgan fingerprint density at radius 1 is 0.800 bits per heavy atom. The van der Waals surface area contributed by atoms with Gasteiger partial charge >= 0.3 is 8.80 Å². The SMILES string of the molecule is CCCO[Si](OCCC)(OCCC)c1ccc(O)cc1. The van der Waals surface area contributed by atoms with Crippen LogP contribution in [0.25, 0.3) is 0 Å². The summed E-state index contributed by atoms with van der Waals surface area (Å²) in [5.74, 6) is 0.234. The van der Waals surface area contributed by atoms with Crippen LogP contribution in [0, 0.1) is 0 Å². The van der Waals surface area contributed by atoms with Crippen LogP contribution in [-0.2, 0) is 13.3 Å². The summed E-state index contributed by atoms with van der Waals surface area (Å²) in [4.78, 5) is 0. The molecule has 0 heterocycles. The van der Waals surface area contributed by atoms with Gasteiger partial charge in [-0.15, -0.1) is 0 Å². The zero-order valence-electron chi connectivity index (χ0n) is 12.7. The monoisotopic (exact) mass is 298 g/mol. The van der Waals surface area contributed by atoms with Crippen LogP contribution in [0.3, 0.4) is 0 Å². The topological polar surface area (TPSA) is 47.9 Å². The Morgan fingerprint density at radius 2 is 1.20 bits per heavy atom. The summed E-state index contributed by atoms with van der Waals surface area (Å²) < 4.78 is 18.1. The van der Waals surface area contributed by atoms with Crippen molar-refractivity contribution in [3.05, 3.63) is 24.3 Å². The third-order valence-corrected chi connectivity index (χ3v) is 5.50. The predicted molar refractivity (Wildman–Crippen MR) is 82.2 cm³/mol. The van der Waals surface area contributed by atoms with E-state index in [4.69, 9.17) is 13.3 Å². The molecule has 0 atom stereocenters. The van der Waals surface area contributed by atoms with Gasteiger partial charge in [0.15, 0.2) is 0 Å². The molecule has 5 heteroatoms. The number of benzene rings is 1. The minimum Gasteiger partial charge on any atom is -0.508 e. The van der Waals surface area contributed by atoms with E-state index in [1.807, 2.05) is 12.1 Å². The number of hydrogen-bond donors (Lipinski definition) is 1. The van der Waals surface area contributed by atoms with Crippen LogP contribution < -0.4 is 5.19 Å². The summed E-state index contributed by atoms with van der Waals surface area (Å²) in [7, 11) is -2.87. The molecule has 0 amide bonds. The number of aromatic hydroxyl groups is 1. The van der Waals surface area contributed by atoms with Gasteiger partial charge < -0.3 is 18.4 Å². The van der Waals surface area contributed by atoms with Gasteiger partial charge in [0, 0.05) is 25.0 Å². The minimum atomic E-state index is -2.87. The summed E-state index contributed by atoms with van der Waals surface area (Å²) in [6, 6.07) is 6.97. The molecule has 0 aliphatic rings. The van der Waals surface area contributed by atoms with E-state index < -0.39 is 8.80 Å². The standard InChI is InChI=1S/C15H26O4Si/c1-4-11-17-20(18-12-5-2,19-13-6-3)15-9-7-14(16)8-10-15/h7-10,16H,4-6,11-13H2,1-3H3. The highest BCUT2D eigenvalue weighted by atomic mass is 28.4. The lowest BCUT2D eigenvalue weighted by Crippen LogP contribution is -2.57. The van der Waals surface area contributed by atoms with Crippen molar-refractivity contribution in [2.75, 3.05) is 19.8 Å². The van der Waals surface area contributed by atoms with Crippen LogP contribution in [0.5, 0.6) is 5.75 Å². The van der Waals surface area contributed by atoms with Crippen molar-refractivity contribution in [3.63, 3.8) is 0 Å². The van der Waals surface area contributed by atoms with Gasteiger partial charge in [0.1, 0.15) is 5.75 Å². The fourth-order valence-electron chi connectivity index (χ4n) is 1.75. The highest BCUT2D eigenvalue weighted by Crippen LogP contribution is 2.15. The van der Waals surface area contributed by atoms with Crippen LogP contribution in [0.15, 0.2) is 24.3 Å². The van der Waals surface area contributed by atoms with Gasteiger partial charge in [-0.25, -0.2) is 0 Å². The first kappa shape index (κ1) is 17.2. The Kier molecular flexibility index (Phi) is 7.83. The third-order valence-electron chi connectivity index (χ3n) is 2.71. The van der Waals surface area contributed by atoms with Crippen molar-refractivity contribution in [1.29, 1.82) is 0 Å².